The Kier molecular flexibility index (Phi) is 8.45. The topological polar surface area (TPSA) is 111 Å². The van der Waals surface area contributed by atoms with Crippen LogP contribution in [0.1, 0.15) is 23.2 Å². The Hall–Kier alpha value is -3.65. The van der Waals surface area contributed by atoms with Crippen LogP contribution in [0.5, 0.6) is 0 Å². The quantitative estimate of drug-likeness (QED) is 0.306. The summed E-state index contributed by atoms with van der Waals surface area (Å²) in [5, 5.41) is 17.0. The maximum atomic E-state index is 13.2. The number of carbonyl (C=O) groups is 2. The monoisotopic (exact) mass is 584 g/mol. The van der Waals surface area contributed by atoms with Gasteiger partial charge in [0.2, 0.25) is 0 Å². The molecule has 2 aliphatic rings. The molecule has 2 saturated heterocycles. The first kappa shape index (κ1) is 28.4. The molecule has 0 spiro atoms. The van der Waals surface area contributed by atoms with Crippen LogP contribution in [0, 0.1) is 10.1 Å². The van der Waals surface area contributed by atoms with E-state index in [0.717, 1.165) is 17.7 Å². The number of rotatable bonds is 5. The van der Waals surface area contributed by atoms with Crippen LogP contribution in [-0.2, 0) is 4.79 Å². The van der Waals surface area contributed by atoms with Gasteiger partial charge >= 0.3 is 12.1 Å². The zero-order valence-electron chi connectivity index (χ0n) is 20.5. The lowest BCUT2D eigenvalue weighted by Gasteiger charge is -2.37. The molecule has 0 atom stereocenters. The summed E-state index contributed by atoms with van der Waals surface area (Å²) >= 11 is 11.5. The normalized spacial score (nSPS) is 15.7. The third-order valence-electron chi connectivity index (χ3n) is 6.47. The maximum Gasteiger partial charge on any atom is 0.471 e. The molecule has 0 bridgehead atoms. The van der Waals surface area contributed by atoms with Crippen molar-refractivity contribution in [2.24, 2.45) is 0 Å². The fourth-order valence-electron chi connectivity index (χ4n) is 4.59. The van der Waals surface area contributed by atoms with Crippen molar-refractivity contribution in [1.29, 1.82) is 0 Å². The molecule has 39 heavy (non-hydrogen) atoms. The number of hydrogen-bond acceptors (Lipinski definition) is 7. The van der Waals surface area contributed by atoms with Gasteiger partial charge in [-0.15, -0.1) is 0 Å². The van der Waals surface area contributed by atoms with Crippen LogP contribution < -0.4 is 20.4 Å². The fraction of sp³-hybridized carbons (Fsp3) is 0.375. The number of halogens is 4. The van der Waals surface area contributed by atoms with E-state index in [1.54, 1.807) is 29.2 Å². The smallest absolute Gasteiger partial charge is 0.371 e. The first-order valence-electron chi connectivity index (χ1n) is 12.0. The number of benzene rings is 2. The van der Waals surface area contributed by atoms with E-state index in [4.69, 9.17) is 23.8 Å². The Bertz CT molecular complexity index is 1300. The second-order valence-corrected chi connectivity index (χ2v) is 9.84. The number of thiocarbonyl (C=S) groups is 1. The van der Waals surface area contributed by atoms with Crippen LogP contribution in [0.25, 0.3) is 0 Å². The standard InChI is InChI=1S/C24H24ClF3N6O4S/c25-15-3-5-20(32-9-11-33(12-10-32)22(36)24(26,27)28)18(13-15)29-23(39)30-21(35)17-14-16(34(37)38)4-6-19(17)31-7-1-2-8-31/h3-6,13-14H,1-2,7-12H2,(H2,29,30,35,39). The molecular weight excluding hydrogens is 561 g/mol. The largest absolute Gasteiger partial charge is 0.471 e. The number of amides is 2. The average molecular weight is 585 g/mol. The molecule has 208 valence electrons. The van der Waals surface area contributed by atoms with E-state index < -0.39 is 22.9 Å². The van der Waals surface area contributed by atoms with Gasteiger partial charge in [0.05, 0.1) is 27.5 Å². The number of nitrogens with zero attached hydrogens (tertiary/aromatic N) is 4. The Morgan fingerprint density at radius 3 is 2.18 bits per heavy atom. The van der Waals surface area contributed by atoms with Crippen molar-refractivity contribution in [1.82, 2.24) is 10.2 Å². The summed E-state index contributed by atoms with van der Waals surface area (Å²) in [5.74, 6) is -2.52. The van der Waals surface area contributed by atoms with Gasteiger partial charge < -0.3 is 20.0 Å². The van der Waals surface area contributed by atoms with Gasteiger partial charge in [-0.3, -0.25) is 25.0 Å². The molecule has 0 saturated carbocycles. The minimum atomic E-state index is -4.94. The lowest BCUT2D eigenvalue weighted by molar-refractivity contribution is -0.384. The van der Waals surface area contributed by atoms with Gasteiger partial charge in [0.1, 0.15) is 0 Å². The van der Waals surface area contributed by atoms with Crippen LogP contribution in [0.15, 0.2) is 36.4 Å². The number of alkyl halides is 3. The Morgan fingerprint density at radius 1 is 0.949 bits per heavy atom. The third kappa shape index (κ3) is 6.68. The van der Waals surface area contributed by atoms with E-state index in [9.17, 15) is 32.9 Å². The predicted octanol–water partition coefficient (Wildman–Crippen LogP) is 4.19. The van der Waals surface area contributed by atoms with E-state index in [1.165, 1.54) is 12.1 Å². The summed E-state index contributed by atoms with van der Waals surface area (Å²) in [6, 6.07) is 8.91. The molecule has 2 aliphatic heterocycles. The van der Waals surface area contributed by atoms with Crippen molar-refractivity contribution in [2.75, 3.05) is 54.4 Å². The van der Waals surface area contributed by atoms with Crippen LogP contribution in [0.2, 0.25) is 5.02 Å². The molecule has 0 radical (unpaired) electrons. The molecular formula is C24H24ClF3N6O4S. The molecule has 10 nitrogen and oxygen atoms in total. The van der Waals surface area contributed by atoms with Gasteiger partial charge in [-0.05, 0) is 49.3 Å². The van der Waals surface area contributed by atoms with Gasteiger partial charge in [0, 0.05) is 56.4 Å². The van der Waals surface area contributed by atoms with E-state index in [2.05, 4.69) is 10.6 Å². The highest BCUT2D eigenvalue weighted by Crippen LogP contribution is 2.32. The van der Waals surface area contributed by atoms with E-state index >= 15 is 0 Å². The van der Waals surface area contributed by atoms with Gasteiger partial charge in [-0.1, -0.05) is 11.6 Å². The minimum Gasteiger partial charge on any atom is -0.371 e. The lowest BCUT2D eigenvalue weighted by Crippen LogP contribution is -2.52. The molecule has 0 unspecified atom stereocenters. The van der Waals surface area contributed by atoms with E-state index in [-0.39, 0.29) is 42.5 Å². The Morgan fingerprint density at radius 2 is 1.56 bits per heavy atom. The molecule has 2 aromatic carbocycles. The average Bonchev–Trinajstić information content (AvgIpc) is 3.42. The summed E-state index contributed by atoms with van der Waals surface area (Å²) in [6.07, 6.45) is -3.06. The first-order chi connectivity index (χ1) is 18.4. The highest BCUT2D eigenvalue weighted by atomic mass is 35.5. The highest BCUT2D eigenvalue weighted by Gasteiger charge is 2.43. The molecule has 0 aliphatic carbocycles. The third-order valence-corrected chi connectivity index (χ3v) is 6.91. The molecule has 4 rings (SSSR count). The molecule has 0 aromatic heterocycles. The van der Waals surface area contributed by atoms with Crippen molar-refractivity contribution in [2.45, 2.75) is 19.0 Å². The van der Waals surface area contributed by atoms with Crippen molar-refractivity contribution in [3.05, 3.63) is 57.1 Å². The predicted molar refractivity (Wildman–Crippen MR) is 145 cm³/mol. The SMILES string of the molecule is O=C(NC(=S)Nc1cc(Cl)ccc1N1CCN(C(=O)C(F)(F)F)CC1)c1cc([N+](=O)[O-])ccc1N1CCCC1. The zero-order chi connectivity index (χ0) is 28.3. The molecule has 2 amide bonds. The summed E-state index contributed by atoms with van der Waals surface area (Å²) in [7, 11) is 0. The number of piperazine rings is 1. The summed E-state index contributed by atoms with van der Waals surface area (Å²) < 4.78 is 38.4. The van der Waals surface area contributed by atoms with Gasteiger partial charge in [0.25, 0.3) is 11.6 Å². The Balaban J connectivity index is 1.48. The van der Waals surface area contributed by atoms with Crippen LogP contribution in [0.3, 0.4) is 0 Å². The summed E-state index contributed by atoms with van der Waals surface area (Å²) in [6.45, 7) is 1.43. The molecule has 2 heterocycles. The first-order valence-corrected chi connectivity index (χ1v) is 12.8. The maximum absolute atomic E-state index is 13.2. The number of nitro benzene ring substituents is 1. The number of anilines is 3. The number of nitro groups is 1. The lowest BCUT2D eigenvalue weighted by atomic mass is 10.1. The van der Waals surface area contributed by atoms with Crippen molar-refractivity contribution in [3.8, 4) is 0 Å². The van der Waals surface area contributed by atoms with Crippen LogP contribution >= 0.6 is 23.8 Å². The van der Waals surface area contributed by atoms with E-state index in [0.29, 0.717) is 35.2 Å². The second kappa shape index (κ2) is 11.6. The van der Waals surface area contributed by atoms with Crippen molar-refractivity contribution < 1.29 is 27.7 Å². The number of carbonyl (C=O) groups excluding carboxylic acids is 2. The number of nitrogens with one attached hydrogen (secondary N) is 2. The second-order valence-electron chi connectivity index (χ2n) is 9.00. The summed E-state index contributed by atoms with van der Waals surface area (Å²) in [5.41, 5.74) is 1.38. The molecule has 2 fully saturated rings. The van der Waals surface area contributed by atoms with Crippen molar-refractivity contribution in [3.63, 3.8) is 0 Å². The van der Waals surface area contributed by atoms with Gasteiger partial charge in [-0.2, -0.15) is 13.2 Å². The van der Waals surface area contributed by atoms with Crippen LogP contribution in [0.4, 0.5) is 35.9 Å². The number of non-ortho nitro benzene ring substituents is 1. The van der Waals surface area contributed by atoms with Gasteiger partial charge in [0.15, 0.2) is 5.11 Å². The Labute approximate surface area is 231 Å². The summed E-state index contributed by atoms with van der Waals surface area (Å²) in [4.78, 5) is 40.0. The van der Waals surface area contributed by atoms with Crippen LogP contribution in [-0.4, -0.2) is 72.2 Å². The van der Waals surface area contributed by atoms with Gasteiger partial charge in [-0.25, -0.2) is 0 Å². The minimum absolute atomic E-state index is 0.103. The molecule has 2 N–H and O–H groups in total. The highest BCUT2D eigenvalue weighted by molar-refractivity contribution is 7.80. The zero-order valence-corrected chi connectivity index (χ0v) is 22.0. The molecule has 15 heteroatoms. The molecule has 2 aromatic rings. The van der Waals surface area contributed by atoms with E-state index in [1.807, 2.05) is 4.90 Å². The number of hydrogen-bond donors (Lipinski definition) is 2. The fourth-order valence-corrected chi connectivity index (χ4v) is 4.97. The van der Waals surface area contributed by atoms with Crippen molar-refractivity contribution >= 4 is 63.5 Å².